The van der Waals surface area contributed by atoms with Crippen LogP contribution in [0.15, 0.2) is 71.9 Å². The summed E-state index contributed by atoms with van der Waals surface area (Å²) >= 11 is 6.07. The number of halogens is 1. The van der Waals surface area contributed by atoms with E-state index in [1.165, 1.54) is 0 Å². The van der Waals surface area contributed by atoms with Crippen molar-refractivity contribution in [1.29, 1.82) is 0 Å². The molecule has 6 nitrogen and oxygen atoms in total. The maximum Gasteiger partial charge on any atom is 0.240 e. The molecule has 29 heavy (non-hydrogen) atoms. The van der Waals surface area contributed by atoms with Crippen molar-refractivity contribution in [2.75, 3.05) is 4.90 Å². The minimum Gasteiger partial charge on any atom is -0.292 e. The van der Waals surface area contributed by atoms with Gasteiger partial charge in [-0.1, -0.05) is 54.1 Å². The number of imide groups is 1. The van der Waals surface area contributed by atoms with E-state index in [1.807, 2.05) is 12.1 Å². The minimum absolute atomic E-state index is 0.218. The zero-order valence-corrected chi connectivity index (χ0v) is 15.9. The highest BCUT2D eigenvalue weighted by atomic mass is 35.5. The van der Waals surface area contributed by atoms with Crippen LogP contribution < -0.4 is 4.90 Å². The molecule has 0 bridgehead atoms. The molecule has 4 atom stereocenters. The fourth-order valence-electron chi connectivity index (χ4n) is 4.48. The van der Waals surface area contributed by atoms with Crippen molar-refractivity contribution in [3.8, 4) is 0 Å². The molecule has 0 N–H and O–H groups in total. The molecule has 7 heteroatoms. The van der Waals surface area contributed by atoms with E-state index < -0.39 is 29.8 Å². The summed E-state index contributed by atoms with van der Waals surface area (Å²) < 4.78 is 0. The number of benzene rings is 2. The summed E-state index contributed by atoms with van der Waals surface area (Å²) in [5.41, 5.74) is 0.908. The van der Waals surface area contributed by atoms with Gasteiger partial charge in [0.15, 0.2) is 5.78 Å². The number of Topliss-reactive ketones (excluding diaryl/α,β-unsaturated/α-hetero) is 1. The van der Waals surface area contributed by atoms with E-state index in [2.05, 4.69) is 5.10 Å². The predicted octanol–water partition coefficient (Wildman–Crippen LogP) is 2.94. The topological polar surface area (TPSA) is 70.0 Å². The maximum atomic E-state index is 13.4. The summed E-state index contributed by atoms with van der Waals surface area (Å²) in [4.78, 5) is 41.2. The van der Waals surface area contributed by atoms with E-state index >= 15 is 0 Å². The molecular weight excluding hydrogens is 390 g/mol. The largest absolute Gasteiger partial charge is 0.292 e. The number of carbonyl (C=O) groups excluding carboxylic acids is 3. The van der Waals surface area contributed by atoms with Crippen LogP contribution in [-0.4, -0.2) is 40.9 Å². The minimum atomic E-state index is -0.839. The molecule has 5 rings (SSSR count). The van der Waals surface area contributed by atoms with E-state index in [9.17, 15) is 14.4 Å². The monoisotopic (exact) mass is 405 g/mol. The predicted molar refractivity (Wildman–Crippen MR) is 109 cm³/mol. The second kappa shape index (κ2) is 6.67. The lowest BCUT2D eigenvalue weighted by Gasteiger charge is -2.30. The number of allylic oxidation sites excluding steroid dienone is 1. The van der Waals surface area contributed by atoms with Gasteiger partial charge >= 0.3 is 0 Å². The first-order valence-corrected chi connectivity index (χ1v) is 9.67. The van der Waals surface area contributed by atoms with Gasteiger partial charge in [0.2, 0.25) is 11.8 Å². The molecule has 0 spiro atoms. The fraction of sp³-hybridized carbons (Fsp3) is 0.182. The second-order valence-corrected chi connectivity index (χ2v) is 7.67. The molecule has 0 radical (unpaired) electrons. The van der Waals surface area contributed by atoms with E-state index in [0.717, 1.165) is 4.90 Å². The van der Waals surface area contributed by atoms with Gasteiger partial charge in [-0.25, -0.2) is 4.90 Å². The van der Waals surface area contributed by atoms with Crippen LogP contribution in [0.1, 0.15) is 10.4 Å². The lowest BCUT2D eigenvalue weighted by Crippen LogP contribution is -2.46. The Morgan fingerprint density at radius 3 is 2.48 bits per heavy atom. The van der Waals surface area contributed by atoms with Crippen molar-refractivity contribution < 1.29 is 14.4 Å². The van der Waals surface area contributed by atoms with Crippen molar-refractivity contribution in [3.05, 3.63) is 77.3 Å². The van der Waals surface area contributed by atoms with Gasteiger partial charge in [-0.2, -0.15) is 5.10 Å². The first kappa shape index (κ1) is 17.8. The van der Waals surface area contributed by atoms with Gasteiger partial charge in [0.25, 0.3) is 0 Å². The standard InChI is InChI=1S/C22H16ClN3O3/c23-14-8-4-9-15(12-14)25-21(28)17-16-10-5-11-24-26(16)19(18(17)22(25)29)20(27)13-6-2-1-3-7-13/h1-12,16-19H/t16-,17+,18-,19+/m1/s1. The molecule has 2 aromatic rings. The first-order valence-electron chi connectivity index (χ1n) is 9.29. The van der Waals surface area contributed by atoms with Crippen LogP contribution in [0.5, 0.6) is 0 Å². The van der Waals surface area contributed by atoms with E-state index in [4.69, 9.17) is 11.6 Å². The van der Waals surface area contributed by atoms with Crippen molar-refractivity contribution in [2.45, 2.75) is 12.1 Å². The van der Waals surface area contributed by atoms with Gasteiger partial charge in [-0.15, -0.1) is 0 Å². The molecule has 3 heterocycles. The van der Waals surface area contributed by atoms with Crippen molar-refractivity contribution in [2.24, 2.45) is 16.9 Å². The fourth-order valence-corrected chi connectivity index (χ4v) is 4.66. The molecule has 2 saturated heterocycles. The van der Waals surface area contributed by atoms with Gasteiger partial charge in [-0.05, 0) is 24.3 Å². The SMILES string of the molecule is O=C(c1ccccc1)[C@@H]1[C@@H]2C(=O)N(c3cccc(Cl)c3)C(=O)[C@H]2[C@H]2C=CC=NN21. The second-order valence-electron chi connectivity index (χ2n) is 7.24. The van der Waals surface area contributed by atoms with E-state index in [0.29, 0.717) is 16.3 Å². The van der Waals surface area contributed by atoms with Crippen LogP contribution in [0, 0.1) is 11.8 Å². The van der Waals surface area contributed by atoms with Gasteiger partial charge in [0.05, 0.1) is 23.6 Å². The molecule has 3 aliphatic rings. The normalized spacial score (nSPS) is 27.3. The number of carbonyl (C=O) groups is 3. The number of rotatable bonds is 3. The number of nitrogens with zero attached hydrogens (tertiary/aromatic N) is 3. The highest BCUT2D eigenvalue weighted by Gasteiger charge is 2.64. The zero-order chi connectivity index (χ0) is 20.1. The number of hydrogen-bond donors (Lipinski definition) is 0. The molecule has 144 valence electrons. The summed E-state index contributed by atoms with van der Waals surface area (Å²) in [5, 5.41) is 6.38. The highest BCUT2D eigenvalue weighted by Crippen LogP contribution is 2.46. The Hall–Kier alpha value is -3.25. The number of hydrazone groups is 1. The first-order chi connectivity index (χ1) is 14.1. The van der Waals surface area contributed by atoms with Gasteiger partial charge in [0, 0.05) is 16.8 Å². The Morgan fingerprint density at radius 1 is 0.966 bits per heavy atom. The lowest BCUT2D eigenvalue weighted by atomic mass is 9.86. The molecule has 0 unspecified atom stereocenters. The smallest absolute Gasteiger partial charge is 0.240 e. The third-order valence-electron chi connectivity index (χ3n) is 5.68. The summed E-state index contributed by atoms with van der Waals surface area (Å²) in [6.45, 7) is 0. The molecular formula is C22H16ClN3O3. The van der Waals surface area contributed by atoms with Gasteiger partial charge in [-0.3, -0.25) is 19.4 Å². The van der Waals surface area contributed by atoms with Gasteiger partial charge in [0.1, 0.15) is 6.04 Å². The molecule has 2 fully saturated rings. The quantitative estimate of drug-likeness (QED) is 0.581. The lowest BCUT2D eigenvalue weighted by molar-refractivity contribution is -0.123. The highest BCUT2D eigenvalue weighted by molar-refractivity contribution is 6.31. The average molecular weight is 406 g/mol. The Morgan fingerprint density at radius 2 is 1.72 bits per heavy atom. The number of hydrogen-bond acceptors (Lipinski definition) is 5. The van der Waals surface area contributed by atoms with Crippen molar-refractivity contribution in [1.82, 2.24) is 5.01 Å². The van der Waals surface area contributed by atoms with Crippen LogP contribution in [-0.2, 0) is 9.59 Å². The van der Waals surface area contributed by atoms with Gasteiger partial charge < -0.3 is 0 Å². The summed E-state index contributed by atoms with van der Waals surface area (Å²) in [5.74, 6) is -2.42. The van der Waals surface area contributed by atoms with E-state index in [-0.39, 0.29) is 11.7 Å². The zero-order valence-electron chi connectivity index (χ0n) is 15.2. The summed E-state index contributed by atoms with van der Waals surface area (Å²) in [6, 6.07) is 14.1. The molecule has 0 aromatic heterocycles. The number of anilines is 1. The summed E-state index contributed by atoms with van der Waals surface area (Å²) in [7, 11) is 0. The van der Waals surface area contributed by atoms with Crippen LogP contribution >= 0.6 is 11.6 Å². The number of amides is 2. The van der Waals surface area contributed by atoms with Crippen LogP contribution in [0.25, 0.3) is 0 Å². The van der Waals surface area contributed by atoms with Crippen LogP contribution in [0.4, 0.5) is 5.69 Å². The Kier molecular flexibility index (Phi) is 4.10. The molecule has 0 aliphatic carbocycles. The summed E-state index contributed by atoms with van der Waals surface area (Å²) in [6.07, 6.45) is 5.15. The van der Waals surface area contributed by atoms with Crippen molar-refractivity contribution in [3.63, 3.8) is 0 Å². The van der Waals surface area contributed by atoms with Crippen LogP contribution in [0.3, 0.4) is 0 Å². The van der Waals surface area contributed by atoms with E-state index in [1.54, 1.807) is 65.8 Å². The Labute approximate surface area is 172 Å². The molecule has 2 aromatic carbocycles. The number of ketones is 1. The molecule has 2 amide bonds. The molecule has 0 saturated carbocycles. The number of fused-ring (bicyclic) bond motifs is 3. The average Bonchev–Trinajstić information content (AvgIpc) is 3.21. The maximum absolute atomic E-state index is 13.4. The third kappa shape index (κ3) is 2.63. The van der Waals surface area contributed by atoms with Crippen LogP contribution in [0.2, 0.25) is 5.02 Å². The Balaban J connectivity index is 1.59. The Bertz CT molecular complexity index is 1080. The molecule has 3 aliphatic heterocycles. The third-order valence-corrected chi connectivity index (χ3v) is 5.92. The van der Waals surface area contributed by atoms with Crippen molar-refractivity contribution >= 4 is 41.1 Å².